The number of alkyl halides is 4. The molecule has 2 aliphatic rings. The predicted octanol–water partition coefficient (Wildman–Crippen LogP) is 3.97. The molecule has 1 unspecified atom stereocenters. The van der Waals surface area contributed by atoms with E-state index in [4.69, 9.17) is 11.6 Å². The minimum absolute atomic E-state index is 0.00535. The fourth-order valence-electron chi connectivity index (χ4n) is 1.96. The topological polar surface area (TPSA) is 29.5 Å². The summed E-state index contributed by atoms with van der Waals surface area (Å²) in [7, 11) is 0. The maximum Gasteiger partial charge on any atom is 0.448 e. The number of rotatable bonds is 0. The summed E-state index contributed by atoms with van der Waals surface area (Å²) in [5, 5.41) is -3.18. The maximum absolute atomic E-state index is 13.2. The Hall–Kier alpha value is -1.87. The van der Waals surface area contributed by atoms with Gasteiger partial charge in [0.05, 0.1) is 5.69 Å². The van der Waals surface area contributed by atoms with E-state index in [0.29, 0.717) is 0 Å². The van der Waals surface area contributed by atoms with Gasteiger partial charge < -0.3 is 4.74 Å². The van der Waals surface area contributed by atoms with Crippen LogP contribution < -0.4 is 4.90 Å². The van der Waals surface area contributed by atoms with Crippen molar-refractivity contribution in [3.8, 4) is 12.0 Å². The average Bonchev–Trinajstić information content (AvgIpc) is 3.21. The molecule has 1 atom stereocenters. The number of hydrogen-bond acceptors (Lipinski definition) is 2. The molecule has 1 saturated carbocycles. The highest BCUT2D eigenvalue weighted by atomic mass is 35.5. The zero-order chi connectivity index (χ0) is 15.3. The number of ether oxygens (including phenoxy) is 1. The van der Waals surface area contributed by atoms with Crippen LogP contribution in [0.4, 0.5) is 23.7 Å². The van der Waals surface area contributed by atoms with Gasteiger partial charge in [0.25, 0.3) is 0 Å². The van der Waals surface area contributed by atoms with E-state index in [1.807, 2.05) is 0 Å². The first-order valence-electron chi connectivity index (χ1n) is 6.22. The molecule has 3 nitrogen and oxygen atoms in total. The average molecular weight is 316 g/mol. The Morgan fingerprint density at radius 2 is 2.00 bits per heavy atom. The van der Waals surface area contributed by atoms with Gasteiger partial charge >= 0.3 is 17.3 Å². The van der Waals surface area contributed by atoms with Crippen LogP contribution in [-0.2, 0) is 9.80 Å². The molecule has 0 spiro atoms. The molecule has 1 aliphatic carbocycles. The monoisotopic (exact) mass is 315 g/mol. The molecule has 0 N–H and O–H groups in total. The molecule has 1 aromatic carbocycles. The van der Waals surface area contributed by atoms with Crippen molar-refractivity contribution in [3.63, 3.8) is 0 Å². The molecule has 0 saturated heterocycles. The third kappa shape index (κ3) is 2.32. The lowest BCUT2D eigenvalue weighted by Gasteiger charge is -2.37. The predicted molar refractivity (Wildman–Crippen MR) is 69.5 cm³/mol. The number of para-hydroxylation sites is 1. The Balaban J connectivity index is 2.10. The van der Waals surface area contributed by atoms with E-state index in [0.717, 1.165) is 17.7 Å². The van der Waals surface area contributed by atoms with Gasteiger partial charge in [0.1, 0.15) is 0 Å². The molecule has 0 radical (unpaired) electrons. The minimum Gasteiger partial charge on any atom is -0.411 e. The summed E-state index contributed by atoms with van der Waals surface area (Å²) in [5.74, 6) is 3.00. The zero-order valence-electron chi connectivity index (χ0n) is 10.6. The number of hydrogen-bond donors (Lipinski definition) is 0. The Labute approximate surface area is 123 Å². The van der Waals surface area contributed by atoms with Crippen molar-refractivity contribution < 1.29 is 22.7 Å². The molecular formula is C14H9ClF3NO2. The third-order valence-corrected chi connectivity index (χ3v) is 3.72. The van der Waals surface area contributed by atoms with Gasteiger partial charge in [0.2, 0.25) is 0 Å². The van der Waals surface area contributed by atoms with Gasteiger partial charge in [-0.25, -0.2) is 9.69 Å². The summed E-state index contributed by atoms with van der Waals surface area (Å²) in [5.41, 5.74) is -0.349. The van der Waals surface area contributed by atoms with Crippen LogP contribution in [0, 0.1) is 17.9 Å². The summed E-state index contributed by atoms with van der Waals surface area (Å²) in [6, 6.07) is 8.00. The van der Waals surface area contributed by atoms with Gasteiger partial charge in [-0.2, -0.15) is 13.2 Å². The Morgan fingerprint density at radius 3 is 2.62 bits per heavy atom. The van der Waals surface area contributed by atoms with Crippen molar-refractivity contribution in [1.29, 1.82) is 0 Å². The molecule has 1 heterocycles. The van der Waals surface area contributed by atoms with E-state index < -0.39 is 17.3 Å². The highest BCUT2D eigenvalue weighted by Crippen LogP contribution is 2.51. The van der Waals surface area contributed by atoms with E-state index in [2.05, 4.69) is 16.7 Å². The number of nitrogens with zero attached hydrogens (tertiary/aromatic N) is 1. The highest BCUT2D eigenvalue weighted by Gasteiger charge is 2.62. The van der Waals surface area contributed by atoms with Gasteiger partial charge in [-0.1, -0.05) is 35.7 Å². The second-order valence-electron chi connectivity index (χ2n) is 4.84. The number of benzene rings is 1. The standard InChI is InChI=1S/C14H9ClF3NO2/c15-13(14(16,17)18)10-3-1-2-4-11(10)19(12(20)21-13)8-7-9-5-6-9/h1-4,9H,5-6H2. The van der Waals surface area contributed by atoms with Crippen molar-refractivity contribution >= 4 is 23.4 Å². The molecule has 1 aromatic rings. The van der Waals surface area contributed by atoms with Crippen molar-refractivity contribution in [2.45, 2.75) is 24.1 Å². The molecule has 7 heteroatoms. The third-order valence-electron chi connectivity index (χ3n) is 3.22. The molecule has 21 heavy (non-hydrogen) atoms. The van der Waals surface area contributed by atoms with E-state index in [-0.39, 0.29) is 17.2 Å². The van der Waals surface area contributed by atoms with Crippen LogP contribution in [0.25, 0.3) is 0 Å². The molecule has 1 fully saturated rings. The lowest BCUT2D eigenvalue weighted by molar-refractivity contribution is -0.228. The molecule has 0 bridgehead atoms. The second-order valence-corrected chi connectivity index (χ2v) is 5.38. The smallest absolute Gasteiger partial charge is 0.411 e. The van der Waals surface area contributed by atoms with Crippen molar-refractivity contribution in [1.82, 2.24) is 0 Å². The number of carbonyl (C=O) groups is 1. The summed E-state index contributed by atoms with van der Waals surface area (Å²) < 4.78 is 44.0. The van der Waals surface area contributed by atoms with Crippen molar-refractivity contribution in [3.05, 3.63) is 29.8 Å². The number of cyclic esters (lactones) is 1. The number of amides is 1. The van der Waals surface area contributed by atoms with Crippen molar-refractivity contribution in [2.75, 3.05) is 4.90 Å². The van der Waals surface area contributed by atoms with Crippen LogP contribution in [0.3, 0.4) is 0 Å². The summed E-state index contributed by atoms with van der Waals surface area (Å²) in [6.07, 6.45) is -4.30. The van der Waals surface area contributed by atoms with Crippen LogP contribution in [-0.4, -0.2) is 12.3 Å². The number of anilines is 1. The normalized spacial score (nSPS) is 24.8. The Kier molecular flexibility index (Phi) is 3.06. The zero-order valence-corrected chi connectivity index (χ0v) is 11.3. The Morgan fingerprint density at radius 1 is 1.33 bits per heavy atom. The largest absolute Gasteiger partial charge is 0.448 e. The van der Waals surface area contributed by atoms with E-state index in [9.17, 15) is 18.0 Å². The molecule has 110 valence electrons. The first-order chi connectivity index (χ1) is 9.83. The highest BCUT2D eigenvalue weighted by molar-refractivity contribution is 6.25. The minimum atomic E-state index is -4.93. The summed E-state index contributed by atoms with van der Waals surface area (Å²) in [4.78, 5) is 12.7. The quantitative estimate of drug-likeness (QED) is 0.535. The number of carbonyl (C=O) groups excluding carboxylic acids is 1. The Bertz CT molecular complexity index is 660. The van der Waals surface area contributed by atoms with Crippen LogP contribution >= 0.6 is 11.6 Å². The lowest BCUT2D eigenvalue weighted by Crippen LogP contribution is -2.49. The fraction of sp³-hybridized carbons (Fsp3) is 0.357. The molecular weight excluding hydrogens is 307 g/mol. The van der Waals surface area contributed by atoms with Crippen molar-refractivity contribution in [2.24, 2.45) is 5.92 Å². The first-order valence-corrected chi connectivity index (χ1v) is 6.60. The van der Waals surface area contributed by atoms with Gasteiger partial charge in [-0.3, -0.25) is 0 Å². The second kappa shape index (κ2) is 4.57. The van der Waals surface area contributed by atoms with Crippen LogP contribution in [0.15, 0.2) is 24.3 Å². The maximum atomic E-state index is 13.2. The van der Waals surface area contributed by atoms with Gasteiger partial charge in [-0.05, 0) is 18.9 Å². The SMILES string of the molecule is O=C1OC(Cl)(C(F)(F)F)c2ccccc2N1C#CC1CC1. The number of halogens is 4. The molecule has 1 amide bonds. The van der Waals surface area contributed by atoms with Gasteiger partial charge in [0.15, 0.2) is 0 Å². The first kappa shape index (κ1) is 14.1. The summed E-state index contributed by atoms with van der Waals surface area (Å²) in [6.45, 7) is 0. The van der Waals surface area contributed by atoms with Crippen LogP contribution in [0.2, 0.25) is 0 Å². The van der Waals surface area contributed by atoms with E-state index in [1.165, 1.54) is 24.3 Å². The van der Waals surface area contributed by atoms with Crippen LogP contribution in [0.1, 0.15) is 18.4 Å². The molecule has 1 aliphatic heterocycles. The number of fused-ring (bicyclic) bond motifs is 1. The molecule has 3 rings (SSSR count). The fourth-order valence-corrected chi connectivity index (χ4v) is 2.19. The summed E-state index contributed by atoms with van der Waals surface area (Å²) >= 11 is 5.57. The lowest BCUT2D eigenvalue weighted by atomic mass is 10.0. The van der Waals surface area contributed by atoms with Gasteiger partial charge in [-0.15, -0.1) is 0 Å². The van der Waals surface area contributed by atoms with E-state index >= 15 is 0 Å². The van der Waals surface area contributed by atoms with Crippen LogP contribution in [0.5, 0.6) is 0 Å². The molecule has 0 aromatic heterocycles. The van der Waals surface area contributed by atoms with E-state index in [1.54, 1.807) is 0 Å². The van der Waals surface area contributed by atoms with Gasteiger partial charge in [0, 0.05) is 17.5 Å².